The molecule has 122 valence electrons. The van der Waals surface area contributed by atoms with Crippen molar-refractivity contribution in [3.63, 3.8) is 0 Å². The Kier molecular flexibility index (Phi) is 7.64. The quantitative estimate of drug-likeness (QED) is 0.693. The summed E-state index contributed by atoms with van der Waals surface area (Å²) in [6, 6.07) is 9.94. The number of unbranched alkanes of at least 4 members (excludes halogenated alkanes) is 1. The maximum absolute atomic E-state index is 12.5. The molecule has 0 spiro atoms. The Morgan fingerprint density at radius 1 is 1.09 bits per heavy atom. The van der Waals surface area contributed by atoms with Crippen LogP contribution in [0.5, 0.6) is 0 Å². The fourth-order valence-corrected chi connectivity index (χ4v) is 2.22. The van der Waals surface area contributed by atoms with E-state index in [-0.39, 0.29) is 24.3 Å². The topological polar surface area (TPSA) is 40.6 Å². The summed E-state index contributed by atoms with van der Waals surface area (Å²) in [5.41, 5.74) is 1.08. The van der Waals surface area contributed by atoms with Crippen molar-refractivity contribution >= 4 is 11.8 Å². The molecule has 0 atom stereocenters. The van der Waals surface area contributed by atoms with Gasteiger partial charge in [-0.1, -0.05) is 43.7 Å². The van der Waals surface area contributed by atoms with Gasteiger partial charge in [0.1, 0.15) is 6.42 Å². The molecule has 1 aromatic carbocycles. The highest BCUT2D eigenvalue weighted by atomic mass is 16.2. The van der Waals surface area contributed by atoms with Gasteiger partial charge in [-0.15, -0.1) is 0 Å². The number of hydrogen-bond donors (Lipinski definition) is 0. The first-order valence-electron chi connectivity index (χ1n) is 8.03. The van der Waals surface area contributed by atoms with Gasteiger partial charge in [-0.05, 0) is 25.8 Å². The summed E-state index contributed by atoms with van der Waals surface area (Å²) in [5.74, 6) is -0.204. The van der Waals surface area contributed by atoms with Crippen molar-refractivity contribution in [1.82, 2.24) is 9.80 Å². The Bertz CT molecular complexity index is 471. The van der Waals surface area contributed by atoms with Crippen molar-refractivity contribution in [3.8, 4) is 0 Å². The zero-order chi connectivity index (χ0) is 16.5. The first-order chi connectivity index (χ1) is 10.5. The second-order valence-corrected chi connectivity index (χ2v) is 5.95. The average molecular weight is 304 g/mol. The predicted octanol–water partition coefficient (Wildman–Crippen LogP) is 3.07. The molecule has 0 heterocycles. The van der Waals surface area contributed by atoms with Crippen LogP contribution in [0.15, 0.2) is 30.3 Å². The Labute approximate surface area is 134 Å². The lowest BCUT2D eigenvalue weighted by molar-refractivity contribution is -0.141. The van der Waals surface area contributed by atoms with E-state index < -0.39 is 0 Å². The molecule has 0 unspecified atom stereocenters. The van der Waals surface area contributed by atoms with Gasteiger partial charge in [0, 0.05) is 26.2 Å². The number of amides is 2. The zero-order valence-electron chi connectivity index (χ0n) is 14.2. The van der Waals surface area contributed by atoms with Crippen LogP contribution >= 0.6 is 0 Å². The van der Waals surface area contributed by atoms with Crippen molar-refractivity contribution in [2.45, 2.75) is 52.6 Å². The third-order valence-corrected chi connectivity index (χ3v) is 3.71. The molecule has 4 nitrogen and oxygen atoms in total. The molecule has 0 saturated heterocycles. The van der Waals surface area contributed by atoms with Gasteiger partial charge in [-0.3, -0.25) is 9.59 Å². The fraction of sp³-hybridized carbons (Fsp3) is 0.556. The Balaban J connectivity index is 2.64. The highest BCUT2D eigenvalue weighted by Gasteiger charge is 2.21. The molecule has 1 aromatic rings. The van der Waals surface area contributed by atoms with Gasteiger partial charge < -0.3 is 9.80 Å². The van der Waals surface area contributed by atoms with Crippen LogP contribution in [0.4, 0.5) is 0 Å². The lowest BCUT2D eigenvalue weighted by atomic mass is 10.1. The molecule has 0 aliphatic heterocycles. The van der Waals surface area contributed by atoms with E-state index in [2.05, 4.69) is 6.92 Å². The zero-order valence-corrected chi connectivity index (χ0v) is 14.2. The molecule has 0 saturated carbocycles. The largest absolute Gasteiger partial charge is 0.345 e. The number of nitrogens with zero attached hydrogens (tertiary/aromatic N) is 2. The molecular weight excluding hydrogens is 276 g/mol. The normalized spacial score (nSPS) is 10.6. The van der Waals surface area contributed by atoms with Crippen molar-refractivity contribution < 1.29 is 9.59 Å². The van der Waals surface area contributed by atoms with Crippen molar-refractivity contribution in [3.05, 3.63) is 35.9 Å². The molecule has 0 fully saturated rings. The van der Waals surface area contributed by atoms with Gasteiger partial charge >= 0.3 is 0 Å². The van der Waals surface area contributed by atoms with Crippen LogP contribution in [-0.4, -0.2) is 41.2 Å². The maximum atomic E-state index is 12.5. The van der Waals surface area contributed by atoms with Crippen LogP contribution in [0.3, 0.4) is 0 Å². The molecule has 0 aliphatic rings. The Morgan fingerprint density at radius 2 is 1.73 bits per heavy atom. The van der Waals surface area contributed by atoms with E-state index in [1.807, 2.05) is 44.2 Å². The standard InChI is InChI=1S/C18H28N2O2/c1-5-6-12-19(4)17(21)13-18(22)20(15(2)3)14-16-10-8-7-9-11-16/h7-11,15H,5-6,12-14H2,1-4H3. The van der Waals surface area contributed by atoms with Crippen LogP contribution in [0.25, 0.3) is 0 Å². The van der Waals surface area contributed by atoms with Gasteiger partial charge in [0.25, 0.3) is 0 Å². The number of benzene rings is 1. The maximum Gasteiger partial charge on any atom is 0.232 e. The Hall–Kier alpha value is -1.84. The molecule has 0 radical (unpaired) electrons. The number of carbonyl (C=O) groups is 2. The molecule has 0 N–H and O–H groups in total. The molecular formula is C18H28N2O2. The van der Waals surface area contributed by atoms with Crippen LogP contribution in [-0.2, 0) is 16.1 Å². The number of hydrogen-bond acceptors (Lipinski definition) is 2. The average Bonchev–Trinajstić information content (AvgIpc) is 2.50. The van der Waals surface area contributed by atoms with E-state index >= 15 is 0 Å². The summed E-state index contributed by atoms with van der Waals surface area (Å²) in [5, 5.41) is 0. The van der Waals surface area contributed by atoms with Crippen LogP contribution in [0.2, 0.25) is 0 Å². The molecule has 0 bridgehead atoms. The first-order valence-corrected chi connectivity index (χ1v) is 8.03. The third-order valence-electron chi connectivity index (χ3n) is 3.71. The molecule has 0 aromatic heterocycles. The van der Waals surface area contributed by atoms with Crippen molar-refractivity contribution in [1.29, 1.82) is 0 Å². The molecule has 0 aliphatic carbocycles. The SMILES string of the molecule is CCCCN(C)C(=O)CC(=O)N(Cc1ccccc1)C(C)C. The summed E-state index contributed by atoms with van der Waals surface area (Å²) in [6.45, 7) is 7.30. The van der Waals surface area contributed by atoms with E-state index in [0.29, 0.717) is 13.1 Å². The summed E-state index contributed by atoms with van der Waals surface area (Å²) in [7, 11) is 1.77. The third kappa shape index (κ3) is 5.88. The van der Waals surface area contributed by atoms with Crippen LogP contribution in [0, 0.1) is 0 Å². The van der Waals surface area contributed by atoms with Crippen molar-refractivity contribution in [2.75, 3.05) is 13.6 Å². The highest BCUT2D eigenvalue weighted by Crippen LogP contribution is 2.11. The minimum absolute atomic E-state index is 0.0504. The number of rotatable bonds is 8. The minimum Gasteiger partial charge on any atom is -0.345 e. The summed E-state index contributed by atoms with van der Waals surface area (Å²) in [6.07, 6.45) is 1.96. The lowest BCUT2D eigenvalue weighted by Gasteiger charge is -2.27. The van der Waals surface area contributed by atoms with E-state index in [1.165, 1.54) is 0 Å². The van der Waals surface area contributed by atoms with Crippen LogP contribution < -0.4 is 0 Å². The smallest absolute Gasteiger partial charge is 0.232 e. The van der Waals surface area contributed by atoms with Gasteiger partial charge in [0.05, 0.1) is 0 Å². The first kappa shape index (κ1) is 18.2. The minimum atomic E-state index is -0.104. The molecule has 2 amide bonds. The second-order valence-electron chi connectivity index (χ2n) is 5.95. The summed E-state index contributed by atoms with van der Waals surface area (Å²) in [4.78, 5) is 28.0. The van der Waals surface area contributed by atoms with Gasteiger partial charge in [-0.25, -0.2) is 0 Å². The Morgan fingerprint density at radius 3 is 2.27 bits per heavy atom. The second kappa shape index (κ2) is 9.23. The lowest BCUT2D eigenvalue weighted by Crippen LogP contribution is -2.40. The van der Waals surface area contributed by atoms with Crippen LogP contribution in [0.1, 0.15) is 45.6 Å². The highest BCUT2D eigenvalue weighted by molar-refractivity contribution is 5.96. The van der Waals surface area contributed by atoms with Gasteiger partial charge in [0.15, 0.2) is 0 Å². The fourth-order valence-electron chi connectivity index (χ4n) is 2.22. The van der Waals surface area contributed by atoms with E-state index in [4.69, 9.17) is 0 Å². The molecule has 22 heavy (non-hydrogen) atoms. The van der Waals surface area contributed by atoms with E-state index in [9.17, 15) is 9.59 Å². The van der Waals surface area contributed by atoms with E-state index in [0.717, 1.165) is 18.4 Å². The van der Waals surface area contributed by atoms with E-state index in [1.54, 1.807) is 16.8 Å². The van der Waals surface area contributed by atoms with Crippen molar-refractivity contribution in [2.24, 2.45) is 0 Å². The summed E-state index contributed by atoms with van der Waals surface area (Å²) >= 11 is 0. The monoisotopic (exact) mass is 304 g/mol. The van der Waals surface area contributed by atoms with Gasteiger partial charge in [0.2, 0.25) is 11.8 Å². The molecule has 1 rings (SSSR count). The number of carbonyl (C=O) groups excluding carboxylic acids is 2. The van der Waals surface area contributed by atoms with Gasteiger partial charge in [-0.2, -0.15) is 0 Å². The predicted molar refractivity (Wildman–Crippen MR) is 89.3 cm³/mol. The molecule has 4 heteroatoms. The summed E-state index contributed by atoms with van der Waals surface area (Å²) < 4.78 is 0.